The minimum absolute atomic E-state index is 0.0807. The Hall–Kier alpha value is -1.91. The van der Waals surface area contributed by atoms with E-state index in [0.29, 0.717) is 18.7 Å². The van der Waals surface area contributed by atoms with Crippen molar-refractivity contribution in [1.29, 1.82) is 0 Å². The Balaban J connectivity index is 2.78. The number of carbonyl (C=O) groups is 1. The molecule has 1 rings (SSSR count). The van der Waals surface area contributed by atoms with Crippen LogP contribution in [0, 0.1) is 0 Å². The van der Waals surface area contributed by atoms with Crippen molar-refractivity contribution < 1.29 is 19.7 Å². The monoisotopic (exact) mass is 267 g/mol. The molecule has 0 aromatic heterocycles. The number of ether oxygens (including phenoxy) is 1. The third-order valence-corrected chi connectivity index (χ3v) is 2.91. The third kappa shape index (κ3) is 4.05. The van der Waals surface area contributed by atoms with Gasteiger partial charge in [0.2, 0.25) is 0 Å². The predicted octanol–water partition coefficient (Wildman–Crippen LogP) is 2.72. The van der Waals surface area contributed by atoms with Crippen LogP contribution in [0.15, 0.2) is 18.2 Å². The molecule has 0 bridgehead atoms. The molecule has 1 aromatic rings. The summed E-state index contributed by atoms with van der Waals surface area (Å²) in [6.45, 7) is 5.97. The standard InChI is InChI=1S/C14H21NO4/c1-14(2,3)15(13(17)18)8-7-10-5-6-11(16)12(9-10)19-4/h5-6,9,16H,7-8H2,1-4H3,(H,17,18). The molecule has 0 aliphatic carbocycles. The summed E-state index contributed by atoms with van der Waals surface area (Å²) < 4.78 is 5.03. The number of hydrogen-bond acceptors (Lipinski definition) is 3. The molecule has 2 N–H and O–H groups in total. The lowest BCUT2D eigenvalue weighted by molar-refractivity contribution is 0.101. The first kappa shape index (κ1) is 15.1. The van der Waals surface area contributed by atoms with E-state index in [1.165, 1.54) is 12.0 Å². The minimum atomic E-state index is -0.932. The van der Waals surface area contributed by atoms with E-state index in [1.54, 1.807) is 18.2 Å². The van der Waals surface area contributed by atoms with E-state index >= 15 is 0 Å². The Labute approximate surface area is 113 Å². The Morgan fingerprint density at radius 3 is 2.47 bits per heavy atom. The Kier molecular flexibility index (Phi) is 4.64. The molecule has 1 amide bonds. The fourth-order valence-electron chi connectivity index (χ4n) is 1.84. The molecule has 5 nitrogen and oxygen atoms in total. The van der Waals surface area contributed by atoms with E-state index in [1.807, 2.05) is 20.8 Å². The summed E-state index contributed by atoms with van der Waals surface area (Å²) in [6.07, 6.45) is -0.363. The van der Waals surface area contributed by atoms with Crippen molar-refractivity contribution in [3.63, 3.8) is 0 Å². The van der Waals surface area contributed by atoms with Crippen LogP contribution in [0.25, 0.3) is 0 Å². The molecule has 0 heterocycles. The molecule has 0 fully saturated rings. The molecule has 0 saturated carbocycles. The average Bonchev–Trinajstić information content (AvgIpc) is 2.29. The fourth-order valence-corrected chi connectivity index (χ4v) is 1.84. The van der Waals surface area contributed by atoms with Gasteiger partial charge < -0.3 is 19.8 Å². The Morgan fingerprint density at radius 2 is 2.00 bits per heavy atom. The van der Waals surface area contributed by atoms with Crippen molar-refractivity contribution in [2.75, 3.05) is 13.7 Å². The van der Waals surface area contributed by atoms with E-state index in [4.69, 9.17) is 4.74 Å². The summed E-state index contributed by atoms with van der Waals surface area (Å²) in [4.78, 5) is 12.6. The van der Waals surface area contributed by atoms with Crippen LogP contribution in [0.4, 0.5) is 4.79 Å². The predicted molar refractivity (Wildman–Crippen MR) is 72.8 cm³/mol. The molecule has 19 heavy (non-hydrogen) atoms. The van der Waals surface area contributed by atoms with Crippen molar-refractivity contribution in [1.82, 2.24) is 4.90 Å². The van der Waals surface area contributed by atoms with Crippen molar-refractivity contribution in [2.45, 2.75) is 32.7 Å². The van der Waals surface area contributed by atoms with Crippen LogP contribution in [-0.2, 0) is 6.42 Å². The fraction of sp³-hybridized carbons (Fsp3) is 0.500. The molecular weight excluding hydrogens is 246 g/mol. The minimum Gasteiger partial charge on any atom is -0.504 e. The lowest BCUT2D eigenvalue weighted by Crippen LogP contribution is -2.45. The van der Waals surface area contributed by atoms with Gasteiger partial charge in [0, 0.05) is 12.1 Å². The lowest BCUT2D eigenvalue weighted by Gasteiger charge is -2.33. The van der Waals surface area contributed by atoms with Gasteiger partial charge in [-0.3, -0.25) is 0 Å². The van der Waals surface area contributed by atoms with Crippen LogP contribution in [0.2, 0.25) is 0 Å². The second-order valence-corrected chi connectivity index (χ2v) is 5.36. The number of amides is 1. The third-order valence-electron chi connectivity index (χ3n) is 2.91. The first-order valence-corrected chi connectivity index (χ1v) is 6.12. The van der Waals surface area contributed by atoms with Crippen molar-refractivity contribution in [2.24, 2.45) is 0 Å². The molecule has 0 spiro atoms. The van der Waals surface area contributed by atoms with Gasteiger partial charge in [-0.25, -0.2) is 4.79 Å². The van der Waals surface area contributed by atoms with E-state index < -0.39 is 11.6 Å². The Morgan fingerprint density at radius 1 is 1.37 bits per heavy atom. The van der Waals surface area contributed by atoms with E-state index in [9.17, 15) is 15.0 Å². The summed E-state index contributed by atoms with van der Waals surface area (Å²) >= 11 is 0. The number of rotatable bonds is 4. The number of nitrogens with zero attached hydrogens (tertiary/aromatic N) is 1. The maximum absolute atomic E-state index is 11.2. The van der Waals surface area contributed by atoms with Gasteiger partial charge in [-0.05, 0) is 44.9 Å². The van der Waals surface area contributed by atoms with E-state index in [2.05, 4.69) is 0 Å². The number of carboxylic acid groups (broad SMARTS) is 1. The van der Waals surface area contributed by atoms with E-state index in [-0.39, 0.29) is 5.75 Å². The molecule has 1 aromatic carbocycles. The number of phenolic OH excluding ortho intramolecular Hbond substituents is 1. The van der Waals surface area contributed by atoms with E-state index in [0.717, 1.165) is 5.56 Å². The Bertz CT molecular complexity index is 451. The molecule has 0 atom stereocenters. The first-order valence-electron chi connectivity index (χ1n) is 6.12. The van der Waals surface area contributed by atoms with Gasteiger partial charge >= 0.3 is 6.09 Å². The molecule has 106 valence electrons. The highest BCUT2D eigenvalue weighted by atomic mass is 16.5. The zero-order chi connectivity index (χ0) is 14.6. The highest BCUT2D eigenvalue weighted by Gasteiger charge is 2.25. The zero-order valence-electron chi connectivity index (χ0n) is 11.8. The van der Waals surface area contributed by atoms with Crippen LogP contribution in [0.5, 0.6) is 11.5 Å². The normalized spacial score (nSPS) is 11.2. The van der Waals surface area contributed by atoms with Crippen LogP contribution in [0.1, 0.15) is 26.3 Å². The quantitative estimate of drug-likeness (QED) is 0.880. The maximum Gasteiger partial charge on any atom is 0.407 e. The molecule has 0 aliphatic heterocycles. The van der Waals surface area contributed by atoms with Crippen LogP contribution in [-0.4, -0.2) is 40.4 Å². The number of methoxy groups -OCH3 is 1. The molecule has 0 radical (unpaired) electrons. The number of hydrogen-bond donors (Lipinski definition) is 2. The number of aromatic hydroxyl groups is 1. The van der Waals surface area contributed by atoms with Gasteiger partial charge in [0.15, 0.2) is 11.5 Å². The SMILES string of the molecule is COc1cc(CCN(C(=O)O)C(C)(C)C)ccc1O. The smallest absolute Gasteiger partial charge is 0.407 e. The van der Waals surface area contributed by atoms with Gasteiger partial charge in [-0.1, -0.05) is 6.07 Å². The first-order chi connectivity index (χ1) is 8.75. The summed E-state index contributed by atoms with van der Waals surface area (Å²) in [6, 6.07) is 5.04. The highest BCUT2D eigenvalue weighted by Crippen LogP contribution is 2.26. The van der Waals surface area contributed by atoms with Crippen molar-refractivity contribution >= 4 is 6.09 Å². The highest BCUT2D eigenvalue weighted by molar-refractivity contribution is 5.66. The van der Waals surface area contributed by atoms with Gasteiger partial charge in [-0.2, -0.15) is 0 Å². The van der Waals surface area contributed by atoms with Crippen LogP contribution < -0.4 is 4.74 Å². The second kappa shape index (κ2) is 5.82. The molecular formula is C14H21NO4. The van der Waals surface area contributed by atoms with Crippen molar-refractivity contribution in [3.8, 4) is 11.5 Å². The molecule has 0 unspecified atom stereocenters. The van der Waals surface area contributed by atoms with Crippen LogP contribution in [0.3, 0.4) is 0 Å². The van der Waals surface area contributed by atoms with Crippen molar-refractivity contribution in [3.05, 3.63) is 23.8 Å². The number of phenols is 1. The molecule has 0 saturated heterocycles. The summed E-state index contributed by atoms with van der Waals surface area (Å²) in [7, 11) is 1.48. The largest absolute Gasteiger partial charge is 0.504 e. The van der Waals surface area contributed by atoms with Gasteiger partial charge in [0.1, 0.15) is 0 Å². The number of benzene rings is 1. The maximum atomic E-state index is 11.2. The molecule has 5 heteroatoms. The van der Waals surface area contributed by atoms with Gasteiger partial charge in [0.25, 0.3) is 0 Å². The summed E-state index contributed by atoms with van der Waals surface area (Å²) in [5.41, 5.74) is 0.484. The average molecular weight is 267 g/mol. The zero-order valence-corrected chi connectivity index (χ0v) is 11.8. The summed E-state index contributed by atoms with van der Waals surface area (Å²) in [5, 5.41) is 18.7. The topological polar surface area (TPSA) is 70.0 Å². The van der Waals surface area contributed by atoms with Crippen LogP contribution >= 0.6 is 0 Å². The molecule has 0 aliphatic rings. The lowest BCUT2D eigenvalue weighted by atomic mass is 10.0. The van der Waals surface area contributed by atoms with Gasteiger partial charge in [0.05, 0.1) is 7.11 Å². The van der Waals surface area contributed by atoms with Gasteiger partial charge in [-0.15, -0.1) is 0 Å². The summed E-state index contributed by atoms with van der Waals surface area (Å²) in [5.74, 6) is 0.479. The second-order valence-electron chi connectivity index (χ2n) is 5.36.